The second kappa shape index (κ2) is 9.26. The molecule has 4 heterocycles. The van der Waals surface area contributed by atoms with Gasteiger partial charge in [0.1, 0.15) is 17.7 Å². The van der Waals surface area contributed by atoms with Crippen LogP contribution in [0.2, 0.25) is 0 Å². The molecule has 1 unspecified atom stereocenters. The number of aliphatic hydroxyl groups is 1. The Morgan fingerprint density at radius 1 is 1.24 bits per heavy atom. The van der Waals surface area contributed by atoms with Crippen LogP contribution < -0.4 is 10.2 Å². The number of nitriles is 1. The summed E-state index contributed by atoms with van der Waals surface area (Å²) in [5.41, 5.74) is 3.06. The normalized spacial score (nSPS) is 23.1. The van der Waals surface area contributed by atoms with Gasteiger partial charge in [0.2, 0.25) is 0 Å². The number of rotatable bonds is 6. The molecular formula is C21H32N6O2. The predicted octanol–water partition coefficient (Wildman–Crippen LogP) is 0.646. The number of ether oxygens (including phenoxy) is 1. The first kappa shape index (κ1) is 20.4. The van der Waals surface area contributed by atoms with E-state index in [0.717, 1.165) is 100 Å². The lowest BCUT2D eigenvalue weighted by molar-refractivity contribution is 0.120. The van der Waals surface area contributed by atoms with E-state index in [9.17, 15) is 10.4 Å². The van der Waals surface area contributed by atoms with Crippen molar-refractivity contribution in [3.05, 3.63) is 16.7 Å². The third kappa shape index (κ3) is 4.48. The third-order valence-electron chi connectivity index (χ3n) is 6.29. The summed E-state index contributed by atoms with van der Waals surface area (Å²) in [5, 5.41) is 22.7. The van der Waals surface area contributed by atoms with Crippen LogP contribution in [-0.4, -0.2) is 92.1 Å². The molecule has 0 saturated carbocycles. The molecule has 8 heteroatoms. The molecule has 0 aromatic carbocycles. The van der Waals surface area contributed by atoms with Gasteiger partial charge in [0.15, 0.2) is 0 Å². The molecule has 3 aliphatic rings. The average Bonchev–Trinajstić information content (AvgIpc) is 3.26. The molecule has 2 saturated heterocycles. The van der Waals surface area contributed by atoms with E-state index >= 15 is 0 Å². The summed E-state index contributed by atoms with van der Waals surface area (Å²) >= 11 is 0. The Morgan fingerprint density at radius 3 is 2.76 bits per heavy atom. The number of hydrogen-bond donors (Lipinski definition) is 2. The number of β-amino-alcohol motifs (C(OH)–C–C–N with tert-alkyl or cyclic N) is 1. The maximum atomic E-state index is 9.99. The molecule has 158 valence electrons. The molecule has 3 aliphatic heterocycles. The van der Waals surface area contributed by atoms with E-state index in [1.165, 1.54) is 0 Å². The van der Waals surface area contributed by atoms with Crippen molar-refractivity contribution >= 4 is 11.6 Å². The third-order valence-corrected chi connectivity index (χ3v) is 6.29. The first-order valence-electron chi connectivity index (χ1n) is 10.8. The average molecular weight is 401 g/mol. The lowest BCUT2D eigenvalue weighted by Crippen LogP contribution is -2.48. The van der Waals surface area contributed by atoms with Crippen LogP contribution in [0.3, 0.4) is 0 Å². The summed E-state index contributed by atoms with van der Waals surface area (Å²) < 4.78 is 5.78. The fourth-order valence-corrected chi connectivity index (χ4v) is 4.59. The maximum absolute atomic E-state index is 9.99. The van der Waals surface area contributed by atoms with E-state index in [4.69, 9.17) is 9.72 Å². The van der Waals surface area contributed by atoms with E-state index in [-0.39, 0.29) is 12.7 Å². The van der Waals surface area contributed by atoms with Gasteiger partial charge in [-0.25, -0.2) is 4.98 Å². The van der Waals surface area contributed by atoms with Crippen molar-refractivity contribution in [1.82, 2.24) is 14.8 Å². The van der Waals surface area contributed by atoms with Crippen molar-refractivity contribution < 1.29 is 9.84 Å². The molecule has 8 nitrogen and oxygen atoms in total. The molecule has 0 aliphatic carbocycles. The fraction of sp³-hybridized carbons (Fsp3) is 0.714. The second-order valence-electron chi connectivity index (χ2n) is 8.28. The molecule has 4 rings (SSSR count). The number of anilines is 2. The van der Waals surface area contributed by atoms with Crippen molar-refractivity contribution in [2.45, 2.75) is 31.9 Å². The molecule has 2 fully saturated rings. The van der Waals surface area contributed by atoms with E-state index < -0.39 is 0 Å². The van der Waals surface area contributed by atoms with E-state index in [1.54, 1.807) is 0 Å². The highest BCUT2D eigenvalue weighted by atomic mass is 16.5. The van der Waals surface area contributed by atoms with Crippen LogP contribution >= 0.6 is 0 Å². The van der Waals surface area contributed by atoms with E-state index in [2.05, 4.69) is 33.1 Å². The Kier molecular flexibility index (Phi) is 6.50. The number of aromatic nitrogens is 1. The summed E-state index contributed by atoms with van der Waals surface area (Å²) in [5.74, 6) is 1.73. The van der Waals surface area contributed by atoms with Crippen LogP contribution in [0.15, 0.2) is 0 Å². The summed E-state index contributed by atoms with van der Waals surface area (Å²) in [7, 11) is 2.12. The number of pyridine rings is 1. The standard InChI is InChI=1S/C21H32N6O2/c1-25-5-4-17-18(13-22)21(27-8-6-26(7-9-27)10-11-28)24-20(19(17)15-25)23-14-16-3-2-12-29-16/h16,28H,2-12,14-15H2,1H3,(H,23,24). The minimum Gasteiger partial charge on any atom is -0.395 e. The Balaban J connectivity index is 1.61. The zero-order valence-corrected chi connectivity index (χ0v) is 17.4. The maximum Gasteiger partial charge on any atom is 0.149 e. The minimum absolute atomic E-state index is 0.186. The van der Waals surface area contributed by atoms with Crippen molar-refractivity contribution in [2.24, 2.45) is 0 Å². The topological polar surface area (TPSA) is 87.9 Å². The number of nitrogens with one attached hydrogen (secondary N) is 1. The summed E-state index contributed by atoms with van der Waals surface area (Å²) in [6.07, 6.45) is 3.33. The Hall–Kier alpha value is -1.92. The van der Waals surface area contributed by atoms with Crippen LogP contribution in [0, 0.1) is 11.3 Å². The highest BCUT2D eigenvalue weighted by molar-refractivity contribution is 5.67. The Bertz CT molecular complexity index is 751. The summed E-state index contributed by atoms with van der Waals surface area (Å²) in [6, 6.07) is 2.47. The lowest BCUT2D eigenvalue weighted by Gasteiger charge is -2.37. The van der Waals surface area contributed by atoms with Crippen molar-refractivity contribution in [2.75, 3.05) is 76.3 Å². The molecule has 1 aromatic heterocycles. The smallest absolute Gasteiger partial charge is 0.149 e. The molecular weight excluding hydrogens is 368 g/mol. The highest BCUT2D eigenvalue weighted by Crippen LogP contribution is 2.33. The van der Waals surface area contributed by atoms with E-state index in [0.29, 0.717) is 6.54 Å². The number of fused-ring (bicyclic) bond motifs is 1. The minimum atomic E-state index is 0.186. The zero-order chi connectivity index (χ0) is 20.2. The van der Waals surface area contributed by atoms with Gasteiger partial charge in [0, 0.05) is 64.5 Å². The molecule has 0 radical (unpaired) electrons. The van der Waals surface area contributed by atoms with Gasteiger partial charge in [-0.1, -0.05) is 0 Å². The molecule has 2 N–H and O–H groups in total. The largest absolute Gasteiger partial charge is 0.395 e. The summed E-state index contributed by atoms with van der Waals surface area (Å²) in [4.78, 5) is 11.8. The SMILES string of the molecule is CN1CCc2c(C#N)c(N3CCN(CCO)CC3)nc(NCC3CCCO3)c2C1. The van der Waals surface area contributed by atoms with Crippen LogP contribution in [0.4, 0.5) is 11.6 Å². The monoisotopic (exact) mass is 400 g/mol. The molecule has 0 bridgehead atoms. The lowest BCUT2D eigenvalue weighted by atomic mass is 9.95. The Labute approximate surface area is 173 Å². The predicted molar refractivity (Wildman–Crippen MR) is 112 cm³/mol. The van der Waals surface area contributed by atoms with Gasteiger partial charge in [-0.05, 0) is 31.9 Å². The van der Waals surface area contributed by atoms with Gasteiger partial charge in [-0.15, -0.1) is 0 Å². The fourth-order valence-electron chi connectivity index (χ4n) is 4.59. The van der Waals surface area contributed by atoms with Crippen molar-refractivity contribution in [3.63, 3.8) is 0 Å². The van der Waals surface area contributed by atoms with Crippen LogP contribution in [0.1, 0.15) is 29.5 Å². The van der Waals surface area contributed by atoms with Crippen LogP contribution in [0.5, 0.6) is 0 Å². The van der Waals surface area contributed by atoms with Gasteiger partial charge in [-0.3, -0.25) is 4.90 Å². The first-order chi connectivity index (χ1) is 14.2. The number of aliphatic hydroxyl groups excluding tert-OH is 1. The quantitative estimate of drug-likeness (QED) is 0.720. The molecule has 0 spiro atoms. The Morgan fingerprint density at radius 2 is 2.07 bits per heavy atom. The molecule has 0 amide bonds. The van der Waals surface area contributed by atoms with Crippen LogP contribution in [0.25, 0.3) is 0 Å². The van der Waals surface area contributed by atoms with Gasteiger partial charge in [0.25, 0.3) is 0 Å². The van der Waals surface area contributed by atoms with Gasteiger partial charge in [0.05, 0.1) is 18.3 Å². The highest BCUT2D eigenvalue weighted by Gasteiger charge is 2.28. The molecule has 29 heavy (non-hydrogen) atoms. The van der Waals surface area contributed by atoms with E-state index in [1.807, 2.05) is 0 Å². The first-order valence-corrected chi connectivity index (χ1v) is 10.8. The molecule has 1 aromatic rings. The van der Waals surface area contributed by atoms with Crippen molar-refractivity contribution in [3.8, 4) is 6.07 Å². The summed E-state index contributed by atoms with van der Waals surface area (Å²) in [6.45, 7) is 7.68. The number of nitrogens with zero attached hydrogens (tertiary/aromatic N) is 5. The van der Waals surface area contributed by atoms with Crippen molar-refractivity contribution in [1.29, 1.82) is 5.26 Å². The second-order valence-corrected chi connectivity index (χ2v) is 8.28. The van der Waals surface area contributed by atoms with Gasteiger partial charge >= 0.3 is 0 Å². The number of piperazine rings is 1. The molecule has 1 atom stereocenters. The van der Waals surface area contributed by atoms with Gasteiger partial charge < -0.3 is 25.0 Å². The van der Waals surface area contributed by atoms with Gasteiger partial charge in [-0.2, -0.15) is 5.26 Å². The van der Waals surface area contributed by atoms with Crippen LogP contribution in [-0.2, 0) is 17.7 Å². The number of hydrogen-bond acceptors (Lipinski definition) is 8. The number of likely N-dealkylation sites (N-methyl/N-ethyl adjacent to an activating group) is 1. The zero-order valence-electron chi connectivity index (χ0n) is 17.4.